The summed E-state index contributed by atoms with van der Waals surface area (Å²) in [6.07, 6.45) is 0. The molecule has 2 aromatic carbocycles. The third-order valence-electron chi connectivity index (χ3n) is 4.40. The molecule has 0 N–H and O–H groups in total. The second-order valence-electron chi connectivity index (χ2n) is 6.99. The molecule has 1 aromatic heterocycles. The molecule has 0 aliphatic heterocycles. The van der Waals surface area contributed by atoms with Crippen LogP contribution in [0.5, 0.6) is 5.75 Å². The van der Waals surface area contributed by atoms with Gasteiger partial charge >= 0.3 is 11.9 Å². The summed E-state index contributed by atoms with van der Waals surface area (Å²) in [5.74, 6) is -0.535. The number of aromatic nitrogens is 1. The van der Waals surface area contributed by atoms with Crippen molar-refractivity contribution in [2.75, 3.05) is 20.7 Å². The van der Waals surface area contributed by atoms with Gasteiger partial charge in [0.05, 0.1) is 27.9 Å². The van der Waals surface area contributed by atoms with Crippen LogP contribution < -0.4 is 4.74 Å². The zero-order valence-electron chi connectivity index (χ0n) is 17.2. The Bertz CT molecular complexity index is 1110. The van der Waals surface area contributed by atoms with Crippen molar-refractivity contribution in [2.45, 2.75) is 20.4 Å². The molecule has 0 bridgehead atoms. The maximum absolute atomic E-state index is 13.0. The zero-order valence-corrected chi connectivity index (χ0v) is 19.5. The number of nitrogens with zero attached hydrogens (tertiary/aromatic N) is 2. The molecular formula is C22H22BrClN2O4. The molecule has 0 aliphatic rings. The fourth-order valence-corrected chi connectivity index (χ4v) is 3.88. The lowest BCUT2D eigenvalue weighted by atomic mass is 10.1. The number of esters is 2. The maximum Gasteiger partial charge on any atom is 0.340 e. The number of hydrogen-bond acceptors (Lipinski definition) is 5. The van der Waals surface area contributed by atoms with E-state index in [0.29, 0.717) is 32.7 Å². The van der Waals surface area contributed by atoms with E-state index in [1.165, 1.54) is 6.92 Å². The number of fused-ring (bicyclic) bond motifs is 1. The number of rotatable bonds is 6. The first kappa shape index (κ1) is 22.3. The van der Waals surface area contributed by atoms with E-state index in [1.807, 2.05) is 41.8 Å². The highest BCUT2D eigenvalue weighted by molar-refractivity contribution is 9.10. The summed E-state index contributed by atoms with van der Waals surface area (Å²) in [4.78, 5) is 26.5. The van der Waals surface area contributed by atoms with Gasteiger partial charge < -0.3 is 18.9 Å². The average Bonchev–Trinajstić information content (AvgIpc) is 2.94. The lowest BCUT2D eigenvalue weighted by molar-refractivity contribution is -0.131. The van der Waals surface area contributed by atoms with E-state index in [0.717, 1.165) is 16.9 Å². The second kappa shape index (κ2) is 9.20. The van der Waals surface area contributed by atoms with Gasteiger partial charge in [-0.25, -0.2) is 4.79 Å². The zero-order chi connectivity index (χ0) is 22.0. The molecule has 3 aromatic rings. The third kappa shape index (κ3) is 4.53. The summed E-state index contributed by atoms with van der Waals surface area (Å²) in [6.45, 7) is 3.84. The van der Waals surface area contributed by atoms with Crippen molar-refractivity contribution in [3.8, 4) is 11.4 Å². The lowest BCUT2D eigenvalue weighted by Gasteiger charge is -2.16. The lowest BCUT2D eigenvalue weighted by Crippen LogP contribution is -2.17. The van der Waals surface area contributed by atoms with Gasteiger partial charge in [-0.2, -0.15) is 0 Å². The summed E-state index contributed by atoms with van der Waals surface area (Å²) < 4.78 is 13.3. The summed E-state index contributed by atoms with van der Waals surface area (Å²) in [5, 5.41) is 1.26. The Hall–Kier alpha value is -2.35. The molecule has 6 nitrogen and oxygen atoms in total. The van der Waals surface area contributed by atoms with Crippen molar-refractivity contribution in [2.24, 2.45) is 0 Å². The molecule has 8 heteroatoms. The first-order valence-electron chi connectivity index (χ1n) is 9.36. The Morgan fingerprint density at radius 2 is 1.83 bits per heavy atom. The Morgan fingerprint density at radius 1 is 1.17 bits per heavy atom. The Labute approximate surface area is 188 Å². The van der Waals surface area contributed by atoms with E-state index in [9.17, 15) is 9.59 Å². The van der Waals surface area contributed by atoms with Crippen LogP contribution in [-0.4, -0.2) is 42.1 Å². The fraction of sp³-hybridized carbons (Fsp3) is 0.273. The molecule has 0 spiro atoms. The van der Waals surface area contributed by atoms with Gasteiger partial charge in [0.25, 0.3) is 0 Å². The molecule has 0 saturated carbocycles. The molecule has 1 heterocycles. The van der Waals surface area contributed by atoms with Crippen LogP contribution in [0.3, 0.4) is 0 Å². The molecule has 0 fully saturated rings. The van der Waals surface area contributed by atoms with Crippen LogP contribution in [0.15, 0.2) is 40.9 Å². The predicted octanol–water partition coefficient (Wildman–Crippen LogP) is 5.21. The number of ether oxygens (including phenoxy) is 2. The minimum absolute atomic E-state index is 0.251. The molecule has 0 aliphatic carbocycles. The molecule has 0 radical (unpaired) electrons. The summed E-state index contributed by atoms with van der Waals surface area (Å²) in [7, 11) is 3.86. The number of carbonyl (C=O) groups excluding carboxylic acids is 2. The van der Waals surface area contributed by atoms with E-state index in [2.05, 4.69) is 15.9 Å². The molecule has 0 atom stereocenters. The van der Waals surface area contributed by atoms with Crippen molar-refractivity contribution >= 4 is 50.4 Å². The smallest absolute Gasteiger partial charge is 0.340 e. The van der Waals surface area contributed by atoms with Gasteiger partial charge in [0.15, 0.2) is 0 Å². The van der Waals surface area contributed by atoms with Gasteiger partial charge in [0.2, 0.25) is 0 Å². The van der Waals surface area contributed by atoms with Crippen LogP contribution in [0.25, 0.3) is 16.6 Å². The maximum atomic E-state index is 13.0. The number of halogens is 2. The van der Waals surface area contributed by atoms with E-state index in [-0.39, 0.29) is 6.61 Å². The molecule has 158 valence electrons. The van der Waals surface area contributed by atoms with Gasteiger partial charge in [-0.1, -0.05) is 11.6 Å². The average molecular weight is 494 g/mol. The van der Waals surface area contributed by atoms with Gasteiger partial charge in [-0.3, -0.25) is 4.79 Å². The normalized spacial score (nSPS) is 11.2. The SMILES string of the molecule is CCOC(=O)c1c(CN(C)C)n(-c2ccc(Cl)cc2)c2cc(Br)c(OC(C)=O)cc12. The van der Waals surface area contributed by atoms with E-state index in [1.54, 1.807) is 25.1 Å². The highest BCUT2D eigenvalue weighted by Gasteiger charge is 2.26. The minimum Gasteiger partial charge on any atom is -0.462 e. The van der Waals surface area contributed by atoms with Gasteiger partial charge in [0, 0.05) is 29.6 Å². The Morgan fingerprint density at radius 3 is 2.40 bits per heavy atom. The molecule has 3 rings (SSSR count). The number of carbonyl (C=O) groups is 2. The molecule has 0 saturated heterocycles. The van der Waals surface area contributed by atoms with Crippen molar-refractivity contribution in [1.82, 2.24) is 9.47 Å². The van der Waals surface area contributed by atoms with Crippen molar-refractivity contribution in [1.29, 1.82) is 0 Å². The van der Waals surface area contributed by atoms with E-state index < -0.39 is 11.9 Å². The van der Waals surface area contributed by atoms with E-state index in [4.69, 9.17) is 21.1 Å². The highest BCUT2D eigenvalue weighted by atomic mass is 79.9. The standard InChI is InChI=1S/C22H22BrClN2O4/c1-5-29-22(28)21-16-10-20(30-13(2)27)17(23)11-18(16)26(19(21)12-25(3)4)15-8-6-14(24)7-9-15/h6-11H,5,12H2,1-4H3. The molecule has 0 amide bonds. The number of hydrogen-bond donors (Lipinski definition) is 0. The monoisotopic (exact) mass is 492 g/mol. The van der Waals surface area contributed by atoms with Gasteiger partial charge in [-0.05, 0) is 73.3 Å². The largest absolute Gasteiger partial charge is 0.462 e. The second-order valence-corrected chi connectivity index (χ2v) is 8.28. The van der Waals surface area contributed by atoms with Crippen LogP contribution in [0.2, 0.25) is 5.02 Å². The highest BCUT2D eigenvalue weighted by Crippen LogP contribution is 2.38. The van der Waals surface area contributed by atoms with Crippen molar-refractivity contribution < 1.29 is 19.1 Å². The summed E-state index contributed by atoms with van der Waals surface area (Å²) >= 11 is 9.56. The van der Waals surface area contributed by atoms with E-state index >= 15 is 0 Å². The minimum atomic E-state index is -0.446. The number of benzene rings is 2. The van der Waals surface area contributed by atoms with Crippen LogP contribution >= 0.6 is 27.5 Å². The summed E-state index contributed by atoms with van der Waals surface area (Å²) in [5.41, 5.74) is 2.84. The topological polar surface area (TPSA) is 60.8 Å². The van der Waals surface area contributed by atoms with Crippen LogP contribution in [0.4, 0.5) is 0 Å². The molecule has 0 unspecified atom stereocenters. The van der Waals surface area contributed by atoms with Crippen molar-refractivity contribution in [3.63, 3.8) is 0 Å². The van der Waals surface area contributed by atoms with Crippen LogP contribution in [0.1, 0.15) is 29.9 Å². The quantitative estimate of drug-likeness (QED) is 0.348. The third-order valence-corrected chi connectivity index (χ3v) is 5.27. The fourth-order valence-electron chi connectivity index (χ4n) is 3.34. The van der Waals surface area contributed by atoms with Gasteiger partial charge in [0.1, 0.15) is 5.75 Å². The van der Waals surface area contributed by atoms with Crippen LogP contribution in [-0.2, 0) is 16.1 Å². The van der Waals surface area contributed by atoms with Crippen molar-refractivity contribution in [3.05, 3.63) is 57.2 Å². The Kier molecular flexibility index (Phi) is 6.85. The Balaban J connectivity index is 2.41. The summed E-state index contributed by atoms with van der Waals surface area (Å²) in [6, 6.07) is 10.9. The van der Waals surface area contributed by atoms with Gasteiger partial charge in [-0.15, -0.1) is 0 Å². The first-order chi connectivity index (χ1) is 14.2. The molecular weight excluding hydrogens is 472 g/mol. The molecule has 30 heavy (non-hydrogen) atoms. The predicted molar refractivity (Wildman–Crippen MR) is 121 cm³/mol. The first-order valence-corrected chi connectivity index (χ1v) is 10.5. The van der Waals surface area contributed by atoms with Crippen LogP contribution in [0, 0.1) is 0 Å².